The number of anilines is 1. The van der Waals surface area contributed by atoms with Crippen molar-refractivity contribution < 1.29 is 0 Å². The van der Waals surface area contributed by atoms with Gasteiger partial charge in [-0.2, -0.15) is 20.0 Å². The third kappa shape index (κ3) is 2.13. The molecule has 1 aliphatic carbocycles. The Hall–Kier alpha value is -2.64. The van der Waals surface area contributed by atoms with Gasteiger partial charge in [0.25, 0.3) is 0 Å². The molecule has 1 aliphatic heterocycles. The van der Waals surface area contributed by atoms with Gasteiger partial charge in [0.1, 0.15) is 16.7 Å². The Bertz CT molecular complexity index is 812. The molecule has 1 aromatic carbocycles. The van der Waals surface area contributed by atoms with E-state index in [2.05, 4.69) is 15.2 Å². The molecular weight excluding hydrogens is 292 g/mol. The lowest BCUT2D eigenvalue weighted by Crippen LogP contribution is -2.58. The molecule has 23 heavy (non-hydrogen) atoms. The molecule has 8 heteroatoms. The first-order valence-corrected chi connectivity index (χ1v) is 7.89. The fourth-order valence-corrected chi connectivity index (χ4v) is 3.68. The third-order valence-electron chi connectivity index (χ3n) is 4.58. The molecule has 1 aromatic heterocycles. The van der Waals surface area contributed by atoms with E-state index in [-0.39, 0.29) is 5.96 Å². The number of hydrogen-bond donors (Lipinski definition) is 2. The third-order valence-corrected chi connectivity index (χ3v) is 4.58. The van der Waals surface area contributed by atoms with Crippen molar-refractivity contribution in [3.8, 4) is 0 Å². The number of aromatic nitrogens is 3. The Kier molecular flexibility index (Phi) is 3.00. The molecule has 2 aliphatic rings. The molecule has 0 atom stereocenters. The Morgan fingerprint density at radius 3 is 2.65 bits per heavy atom. The van der Waals surface area contributed by atoms with E-state index >= 15 is 0 Å². The smallest absolute Gasteiger partial charge is 0.220 e. The van der Waals surface area contributed by atoms with Crippen molar-refractivity contribution in [2.75, 3.05) is 4.90 Å². The lowest BCUT2D eigenvalue weighted by Gasteiger charge is -2.45. The van der Waals surface area contributed by atoms with E-state index in [0.29, 0.717) is 5.96 Å². The van der Waals surface area contributed by atoms with Gasteiger partial charge < -0.3 is 11.5 Å². The number of rotatable bonds is 1. The number of nitrogens with two attached hydrogens (primary N) is 2. The second kappa shape index (κ2) is 4.94. The van der Waals surface area contributed by atoms with Gasteiger partial charge in [0, 0.05) is 7.05 Å². The first-order chi connectivity index (χ1) is 11.1. The maximum absolute atomic E-state index is 6.26. The van der Waals surface area contributed by atoms with Crippen LogP contribution in [0.25, 0.3) is 11.0 Å². The van der Waals surface area contributed by atoms with Crippen LogP contribution in [-0.4, -0.2) is 32.6 Å². The van der Waals surface area contributed by atoms with Crippen LogP contribution in [0.2, 0.25) is 0 Å². The summed E-state index contributed by atoms with van der Waals surface area (Å²) in [6.45, 7) is 0. The van der Waals surface area contributed by atoms with Gasteiger partial charge in [0.15, 0.2) is 0 Å². The highest BCUT2D eigenvalue weighted by atomic mass is 15.5. The van der Waals surface area contributed by atoms with Crippen molar-refractivity contribution in [1.29, 1.82) is 0 Å². The average Bonchev–Trinajstić information content (AvgIpc) is 2.88. The van der Waals surface area contributed by atoms with Crippen LogP contribution in [-0.2, 0) is 7.05 Å². The maximum atomic E-state index is 6.26. The van der Waals surface area contributed by atoms with E-state index in [9.17, 15) is 0 Å². The predicted molar refractivity (Wildman–Crippen MR) is 90.0 cm³/mol. The van der Waals surface area contributed by atoms with Crippen LogP contribution < -0.4 is 16.4 Å². The molecule has 4 N–H and O–H groups in total. The number of nitrogens with zero attached hydrogens (tertiary/aromatic N) is 6. The van der Waals surface area contributed by atoms with Crippen molar-refractivity contribution in [2.45, 2.75) is 37.8 Å². The highest BCUT2D eigenvalue weighted by Gasteiger charge is 2.43. The molecule has 1 saturated carbocycles. The van der Waals surface area contributed by atoms with Crippen LogP contribution >= 0.6 is 0 Å². The molecule has 2 heterocycles. The summed E-state index contributed by atoms with van der Waals surface area (Å²) >= 11 is 0. The molecule has 120 valence electrons. The van der Waals surface area contributed by atoms with Crippen molar-refractivity contribution in [1.82, 2.24) is 15.0 Å². The molecule has 1 fully saturated rings. The quantitative estimate of drug-likeness (QED) is 0.818. The van der Waals surface area contributed by atoms with Crippen LogP contribution in [0.5, 0.6) is 0 Å². The Balaban J connectivity index is 1.91. The number of aliphatic imine (C=N–C) groups is 2. The zero-order valence-corrected chi connectivity index (χ0v) is 13.1. The average molecular weight is 312 g/mol. The van der Waals surface area contributed by atoms with Crippen LogP contribution in [0.4, 0.5) is 5.69 Å². The summed E-state index contributed by atoms with van der Waals surface area (Å²) in [5.74, 6) is 0.629. The number of guanidine groups is 2. The molecule has 0 radical (unpaired) electrons. The Labute approximate surface area is 133 Å². The van der Waals surface area contributed by atoms with Crippen LogP contribution in [0, 0.1) is 0 Å². The summed E-state index contributed by atoms with van der Waals surface area (Å²) in [4.78, 5) is 12.5. The highest BCUT2D eigenvalue weighted by molar-refractivity contribution is 6.09. The molecule has 8 nitrogen and oxygen atoms in total. The predicted octanol–water partition coefficient (Wildman–Crippen LogP) is 1.08. The van der Waals surface area contributed by atoms with Gasteiger partial charge in [-0.15, -0.1) is 0 Å². The van der Waals surface area contributed by atoms with E-state index in [0.717, 1.165) is 42.4 Å². The fraction of sp³-hybridized carbons (Fsp3) is 0.467. The molecule has 0 unspecified atom stereocenters. The Morgan fingerprint density at radius 1 is 1.09 bits per heavy atom. The molecule has 0 bridgehead atoms. The van der Waals surface area contributed by atoms with Gasteiger partial charge in [-0.1, -0.05) is 12.5 Å². The van der Waals surface area contributed by atoms with E-state index in [1.165, 1.54) is 6.42 Å². The Morgan fingerprint density at radius 2 is 1.87 bits per heavy atom. The first-order valence-electron chi connectivity index (χ1n) is 7.89. The summed E-state index contributed by atoms with van der Waals surface area (Å²) in [7, 11) is 1.81. The zero-order chi connectivity index (χ0) is 16.0. The van der Waals surface area contributed by atoms with E-state index in [4.69, 9.17) is 16.5 Å². The summed E-state index contributed by atoms with van der Waals surface area (Å²) in [5, 5.41) is 8.87. The fourth-order valence-electron chi connectivity index (χ4n) is 3.68. The minimum atomic E-state index is -0.458. The van der Waals surface area contributed by atoms with Crippen LogP contribution in [0.15, 0.2) is 28.2 Å². The molecular formula is C15H20N8. The van der Waals surface area contributed by atoms with Crippen molar-refractivity contribution in [3.05, 3.63) is 18.2 Å². The van der Waals surface area contributed by atoms with Crippen molar-refractivity contribution >= 4 is 28.6 Å². The van der Waals surface area contributed by atoms with Crippen LogP contribution in [0.1, 0.15) is 32.1 Å². The molecule has 0 amide bonds. The summed E-state index contributed by atoms with van der Waals surface area (Å²) in [5.41, 5.74) is 14.2. The van der Waals surface area contributed by atoms with E-state index < -0.39 is 5.66 Å². The maximum Gasteiger partial charge on any atom is 0.220 e. The van der Waals surface area contributed by atoms with E-state index in [1.807, 2.05) is 30.1 Å². The zero-order valence-electron chi connectivity index (χ0n) is 13.1. The van der Waals surface area contributed by atoms with Gasteiger partial charge in [0.2, 0.25) is 11.9 Å². The second-order valence-corrected chi connectivity index (χ2v) is 6.15. The molecule has 1 spiro atoms. The molecule has 4 rings (SSSR count). The van der Waals surface area contributed by atoms with Gasteiger partial charge in [-0.05, 0) is 37.8 Å². The monoisotopic (exact) mass is 312 g/mol. The lowest BCUT2D eigenvalue weighted by molar-refractivity contribution is 0.306. The molecule has 2 aromatic rings. The minimum absolute atomic E-state index is 0.256. The number of aryl methyl sites for hydroxylation is 1. The lowest BCUT2D eigenvalue weighted by atomic mass is 9.87. The van der Waals surface area contributed by atoms with Crippen molar-refractivity contribution in [3.63, 3.8) is 0 Å². The van der Waals surface area contributed by atoms with Crippen molar-refractivity contribution in [2.24, 2.45) is 28.5 Å². The highest BCUT2D eigenvalue weighted by Crippen LogP contribution is 2.41. The van der Waals surface area contributed by atoms with Crippen LogP contribution in [0.3, 0.4) is 0 Å². The normalized spacial score (nSPS) is 20.7. The topological polar surface area (TPSA) is 111 Å². The van der Waals surface area contributed by atoms with Gasteiger partial charge in [0.05, 0.1) is 5.69 Å². The standard InChI is InChI=1S/C15H20N8/c1-22-20-10-6-5-7-11(12(10)21-22)23-14(17)18-13(16)19-15(23)8-3-2-4-9-15/h5-7H,2-4,8-9H2,1H3,(H4,16,17,18,19). The number of hydrogen-bond acceptors (Lipinski definition) is 7. The summed E-state index contributed by atoms with van der Waals surface area (Å²) in [6, 6.07) is 5.89. The van der Waals surface area contributed by atoms with Gasteiger partial charge in [-0.3, -0.25) is 4.90 Å². The molecule has 0 saturated heterocycles. The largest absolute Gasteiger partial charge is 0.369 e. The first kappa shape index (κ1) is 14.0. The summed E-state index contributed by atoms with van der Waals surface area (Å²) in [6.07, 6.45) is 5.20. The van der Waals surface area contributed by atoms with E-state index in [1.54, 1.807) is 4.80 Å². The van der Waals surface area contributed by atoms with Gasteiger partial charge >= 0.3 is 0 Å². The number of fused-ring (bicyclic) bond motifs is 1. The summed E-state index contributed by atoms with van der Waals surface area (Å²) < 4.78 is 0. The number of benzene rings is 1. The SMILES string of the molecule is Cn1nc2cccc(N3C(N)=NC(N)=NC34CCCCC4)c2n1. The minimum Gasteiger partial charge on any atom is -0.369 e. The van der Waals surface area contributed by atoms with Gasteiger partial charge in [-0.25, -0.2) is 4.99 Å². The second-order valence-electron chi connectivity index (χ2n) is 6.15.